The first-order chi connectivity index (χ1) is 19.1. The monoisotopic (exact) mass is 574 g/mol. The molecule has 0 saturated carbocycles. The number of alkyl halides is 3. The third-order valence-electron chi connectivity index (χ3n) is 5.99. The summed E-state index contributed by atoms with van der Waals surface area (Å²) in [6.07, 6.45) is -2.74. The molecule has 0 aliphatic carbocycles. The van der Waals surface area contributed by atoms with Crippen molar-refractivity contribution in [1.29, 1.82) is 0 Å². The Morgan fingerprint density at radius 3 is 2.62 bits per heavy atom. The highest BCUT2D eigenvalue weighted by Crippen LogP contribution is 2.19. The van der Waals surface area contributed by atoms with Gasteiger partial charge in [0.15, 0.2) is 5.58 Å². The number of nitrogens with zero attached hydrogens (tertiary/aromatic N) is 2. The van der Waals surface area contributed by atoms with E-state index in [0.29, 0.717) is 17.5 Å². The third-order valence-corrected chi connectivity index (χ3v) is 7.03. The Kier molecular flexibility index (Phi) is 9.38. The zero-order chi connectivity index (χ0) is 28.7. The molecule has 4 aromatic rings. The Morgan fingerprint density at radius 1 is 1.07 bits per heavy atom. The second-order valence-corrected chi connectivity index (χ2v) is 10.0. The number of pyridine rings is 1. The summed E-state index contributed by atoms with van der Waals surface area (Å²) in [4.78, 5) is 53.4. The molecule has 2 aromatic heterocycles. The van der Waals surface area contributed by atoms with E-state index in [1.165, 1.54) is 0 Å². The zero-order valence-corrected chi connectivity index (χ0v) is 21.9. The first kappa shape index (κ1) is 29.0. The number of fused-ring (bicyclic) bond motifs is 2. The molecule has 1 atom stereocenters. The van der Waals surface area contributed by atoms with Gasteiger partial charge < -0.3 is 9.73 Å². The van der Waals surface area contributed by atoms with Crippen LogP contribution in [0.1, 0.15) is 18.4 Å². The van der Waals surface area contributed by atoms with Crippen molar-refractivity contribution >= 4 is 51.4 Å². The van der Waals surface area contributed by atoms with Gasteiger partial charge in [-0.05, 0) is 48.4 Å². The van der Waals surface area contributed by atoms with Gasteiger partial charge in [0.25, 0.3) is 0 Å². The van der Waals surface area contributed by atoms with Crippen molar-refractivity contribution in [3.63, 3.8) is 0 Å². The average molecular weight is 575 g/mol. The molecular formula is C27H25F3N4O5S. The van der Waals surface area contributed by atoms with Crippen molar-refractivity contribution in [2.75, 3.05) is 11.5 Å². The number of para-hydroxylation sites is 3. The number of oxazole rings is 1. The molecule has 0 radical (unpaired) electrons. The van der Waals surface area contributed by atoms with Crippen molar-refractivity contribution in [2.45, 2.75) is 38.1 Å². The number of halogens is 3. The highest BCUT2D eigenvalue weighted by atomic mass is 32.2. The smallest absolute Gasteiger partial charge is 0.408 e. The molecule has 0 aliphatic heterocycles. The van der Waals surface area contributed by atoms with E-state index in [1.807, 2.05) is 30.3 Å². The molecule has 0 spiro atoms. The minimum Gasteiger partial charge on any atom is -0.408 e. The van der Waals surface area contributed by atoms with Crippen LogP contribution in [0.5, 0.6) is 0 Å². The van der Waals surface area contributed by atoms with Crippen molar-refractivity contribution in [2.24, 2.45) is 0 Å². The lowest BCUT2D eigenvalue weighted by molar-refractivity contribution is -0.167. The van der Waals surface area contributed by atoms with E-state index >= 15 is 0 Å². The number of ketones is 1. The maximum absolute atomic E-state index is 13.0. The summed E-state index contributed by atoms with van der Waals surface area (Å²) in [7, 11) is 0. The van der Waals surface area contributed by atoms with Gasteiger partial charge in [0.1, 0.15) is 6.54 Å². The minimum atomic E-state index is -4.88. The lowest BCUT2D eigenvalue weighted by atomic mass is 10.1. The maximum Gasteiger partial charge on any atom is 0.450 e. The van der Waals surface area contributed by atoms with Crippen LogP contribution in [0.4, 0.5) is 13.2 Å². The standard InChI is InChI=1S/C27H25F3N4O5S/c28-27(29,30)23(35)16-40-11-5-8-20(32-14-17-12-18-6-1-2-7-19(18)31-13-17)25(37)33-24(36)15-34-21-9-3-4-10-22(21)39-26(34)38/h1-4,6-7,9-10,12-13,20,32H,5,8,11,14-16H2,(H,33,36,37)/t20-/m0/s1. The summed E-state index contributed by atoms with van der Waals surface area (Å²) >= 11 is 0.823. The molecule has 4 rings (SSSR count). The SMILES string of the molecule is O=C(Cn1c(=O)oc2ccccc21)NC(=O)[C@H](CCCSCC(=O)C(F)(F)F)NCc1cnc2ccccc2c1. The third kappa shape index (κ3) is 7.57. The Balaban J connectivity index is 1.39. The Labute approximate surface area is 230 Å². The molecule has 0 bridgehead atoms. The molecule has 0 fully saturated rings. The molecule has 210 valence electrons. The Bertz CT molecular complexity index is 1580. The van der Waals surface area contributed by atoms with Crippen LogP contribution in [-0.2, 0) is 27.5 Å². The molecule has 0 aliphatic rings. The predicted octanol–water partition coefficient (Wildman–Crippen LogP) is 3.59. The number of rotatable bonds is 12. The largest absolute Gasteiger partial charge is 0.450 e. The van der Waals surface area contributed by atoms with Crippen molar-refractivity contribution in [3.05, 3.63) is 76.9 Å². The van der Waals surface area contributed by atoms with Gasteiger partial charge in [-0.1, -0.05) is 30.3 Å². The number of thioether (sulfide) groups is 1. The summed E-state index contributed by atoms with van der Waals surface area (Å²) in [5.41, 5.74) is 2.29. The normalized spacial score (nSPS) is 12.5. The molecule has 2 N–H and O–H groups in total. The molecule has 0 unspecified atom stereocenters. The first-order valence-electron chi connectivity index (χ1n) is 12.3. The fourth-order valence-electron chi connectivity index (χ4n) is 3.99. The molecule has 2 amide bonds. The van der Waals surface area contributed by atoms with Crippen molar-refractivity contribution < 1.29 is 32.0 Å². The lowest BCUT2D eigenvalue weighted by Gasteiger charge is -2.18. The molecule has 9 nitrogen and oxygen atoms in total. The van der Waals surface area contributed by atoms with Gasteiger partial charge in [-0.2, -0.15) is 24.9 Å². The molecule has 2 heterocycles. The summed E-state index contributed by atoms with van der Waals surface area (Å²) in [6, 6.07) is 15.1. The number of imide groups is 1. The number of Topliss-reactive ketones (excluding diaryl/α,β-unsaturated/α-hetero) is 1. The lowest BCUT2D eigenvalue weighted by Crippen LogP contribution is -2.47. The molecule has 2 aromatic carbocycles. The maximum atomic E-state index is 13.0. The number of amides is 2. The van der Waals surface area contributed by atoms with E-state index in [9.17, 15) is 32.3 Å². The van der Waals surface area contributed by atoms with Crippen LogP contribution in [0.15, 0.2) is 70.0 Å². The summed E-state index contributed by atoms with van der Waals surface area (Å²) in [5.74, 6) is -4.45. The summed E-state index contributed by atoms with van der Waals surface area (Å²) in [5, 5.41) is 6.27. The van der Waals surface area contributed by atoms with Crippen LogP contribution in [0, 0.1) is 0 Å². The van der Waals surface area contributed by atoms with Crippen LogP contribution in [-0.4, -0.2) is 50.9 Å². The van der Waals surface area contributed by atoms with Gasteiger partial charge in [-0.15, -0.1) is 0 Å². The van der Waals surface area contributed by atoms with Gasteiger partial charge in [0, 0.05) is 18.1 Å². The molecule has 13 heteroatoms. The number of nitrogens with one attached hydrogen (secondary N) is 2. The van der Waals surface area contributed by atoms with Gasteiger partial charge in [-0.3, -0.25) is 29.3 Å². The zero-order valence-electron chi connectivity index (χ0n) is 21.1. The highest BCUT2D eigenvalue weighted by Gasteiger charge is 2.37. The average Bonchev–Trinajstić information content (AvgIpc) is 3.23. The molecular weight excluding hydrogens is 549 g/mol. The number of carbonyl (C=O) groups excluding carboxylic acids is 3. The van der Waals surface area contributed by atoms with Crippen LogP contribution in [0.2, 0.25) is 0 Å². The molecule has 40 heavy (non-hydrogen) atoms. The van der Waals surface area contributed by atoms with Crippen LogP contribution in [0.25, 0.3) is 22.0 Å². The van der Waals surface area contributed by atoms with Gasteiger partial charge in [0.05, 0.1) is 22.8 Å². The summed E-state index contributed by atoms with van der Waals surface area (Å²) in [6.45, 7) is -0.214. The van der Waals surface area contributed by atoms with E-state index in [4.69, 9.17) is 4.42 Å². The second-order valence-electron chi connectivity index (χ2n) is 8.92. The fourth-order valence-corrected chi connectivity index (χ4v) is 4.85. The predicted molar refractivity (Wildman–Crippen MR) is 144 cm³/mol. The van der Waals surface area contributed by atoms with Gasteiger partial charge >= 0.3 is 11.9 Å². The Hall–Kier alpha value is -3.97. The summed E-state index contributed by atoms with van der Waals surface area (Å²) < 4.78 is 43.5. The number of hydrogen-bond donors (Lipinski definition) is 2. The topological polar surface area (TPSA) is 123 Å². The Morgan fingerprint density at radius 2 is 1.82 bits per heavy atom. The van der Waals surface area contributed by atoms with E-state index < -0.39 is 47.9 Å². The van der Waals surface area contributed by atoms with E-state index in [1.54, 1.807) is 30.5 Å². The fraction of sp³-hybridized carbons (Fsp3) is 0.296. The number of carbonyl (C=O) groups is 3. The van der Waals surface area contributed by atoms with Gasteiger partial charge in [0.2, 0.25) is 17.6 Å². The quantitative estimate of drug-likeness (QED) is 0.246. The minimum absolute atomic E-state index is 0.182. The molecule has 0 saturated heterocycles. The van der Waals surface area contributed by atoms with Gasteiger partial charge in [-0.25, -0.2) is 4.79 Å². The van der Waals surface area contributed by atoms with E-state index in [-0.39, 0.29) is 18.7 Å². The van der Waals surface area contributed by atoms with Crippen LogP contribution < -0.4 is 16.4 Å². The van der Waals surface area contributed by atoms with E-state index in [2.05, 4.69) is 15.6 Å². The number of benzene rings is 2. The number of hydrogen-bond acceptors (Lipinski definition) is 8. The number of aromatic nitrogens is 2. The van der Waals surface area contributed by atoms with Crippen LogP contribution in [0.3, 0.4) is 0 Å². The van der Waals surface area contributed by atoms with Crippen molar-refractivity contribution in [1.82, 2.24) is 20.2 Å². The van der Waals surface area contributed by atoms with Crippen LogP contribution >= 0.6 is 11.8 Å². The highest BCUT2D eigenvalue weighted by molar-refractivity contribution is 7.99. The second kappa shape index (κ2) is 12.9. The van der Waals surface area contributed by atoms with Crippen molar-refractivity contribution in [3.8, 4) is 0 Å². The first-order valence-corrected chi connectivity index (χ1v) is 13.4. The van der Waals surface area contributed by atoms with E-state index in [0.717, 1.165) is 32.8 Å².